The molecular formula is C10H22N2O2. The van der Waals surface area contributed by atoms with Crippen molar-refractivity contribution >= 4 is 5.91 Å². The summed E-state index contributed by atoms with van der Waals surface area (Å²) in [6, 6.07) is 0.121. The normalized spacial score (nSPS) is 14.0. The van der Waals surface area contributed by atoms with Crippen LogP contribution in [0.4, 0.5) is 0 Å². The molecule has 0 heterocycles. The minimum Gasteiger partial charge on any atom is -0.375 e. The lowest BCUT2D eigenvalue weighted by atomic mass is 10.2. The van der Waals surface area contributed by atoms with Crippen molar-refractivity contribution in [3.8, 4) is 0 Å². The molecule has 0 aromatic rings. The molecular weight excluding hydrogens is 180 g/mol. The first-order valence-electron chi connectivity index (χ1n) is 4.97. The summed E-state index contributed by atoms with van der Waals surface area (Å²) in [4.78, 5) is 10.6. The van der Waals surface area contributed by atoms with Gasteiger partial charge < -0.3 is 15.8 Å². The molecule has 0 bridgehead atoms. The van der Waals surface area contributed by atoms with Crippen LogP contribution in [-0.4, -0.2) is 30.7 Å². The van der Waals surface area contributed by atoms with Gasteiger partial charge in [0.15, 0.2) is 0 Å². The van der Waals surface area contributed by atoms with Gasteiger partial charge in [0.2, 0.25) is 5.91 Å². The molecule has 84 valence electrons. The van der Waals surface area contributed by atoms with Crippen molar-refractivity contribution in [1.29, 1.82) is 0 Å². The summed E-state index contributed by atoms with van der Waals surface area (Å²) >= 11 is 0. The van der Waals surface area contributed by atoms with E-state index in [1.165, 1.54) is 0 Å². The third kappa shape index (κ3) is 9.48. The van der Waals surface area contributed by atoms with Gasteiger partial charge in [-0.05, 0) is 27.7 Å². The van der Waals surface area contributed by atoms with Gasteiger partial charge in [-0.15, -0.1) is 0 Å². The molecule has 0 fully saturated rings. The summed E-state index contributed by atoms with van der Waals surface area (Å²) in [7, 11) is 0. The van der Waals surface area contributed by atoms with Gasteiger partial charge in [0.25, 0.3) is 0 Å². The number of amides is 1. The van der Waals surface area contributed by atoms with E-state index in [1.807, 2.05) is 27.7 Å². The molecule has 1 atom stereocenters. The van der Waals surface area contributed by atoms with Crippen molar-refractivity contribution in [2.75, 3.05) is 13.2 Å². The number of carbonyl (C=O) groups is 1. The van der Waals surface area contributed by atoms with E-state index in [2.05, 4.69) is 5.32 Å². The average Bonchev–Trinajstić information content (AvgIpc) is 1.95. The molecule has 1 unspecified atom stereocenters. The monoisotopic (exact) mass is 202 g/mol. The Balaban J connectivity index is 3.41. The molecule has 0 aromatic heterocycles. The highest BCUT2D eigenvalue weighted by atomic mass is 16.5. The molecule has 0 saturated heterocycles. The number of nitrogens with one attached hydrogen (secondary N) is 1. The molecule has 0 aliphatic carbocycles. The van der Waals surface area contributed by atoms with Crippen LogP contribution in [0.1, 0.15) is 34.1 Å². The SMILES string of the molecule is CC(CC(N)=O)NCCOC(C)(C)C. The maximum Gasteiger partial charge on any atom is 0.218 e. The summed E-state index contributed by atoms with van der Waals surface area (Å²) in [5.41, 5.74) is 4.95. The molecule has 0 aliphatic rings. The summed E-state index contributed by atoms with van der Waals surface area (Å²) < 4.78 is 5.51. The van der Waals surface area contributed by atoms with Crippen molar-refractivity contribution in [1.82, 2.24) is 5.32 Å². The van der Waals surface area contributed by atoms with Gasteiger partial charge in [-0.1, -0.05) is 0 Å². The van der Waals surface area contributed by atoms with Gasteiger partial charge in [0.05, 0.1) is 12.2 Å². The van der Waals surface area contributed by atoms with E-state index in [0.717, 1.165) is 6.54 Å². The number of primary amides is 1. The molecule has 1 amide bonds. The molecule has 0 rings (SSSR count). The summed E-state index contributed by atoms with van der Waals surface area (Å²) in [6.07, 6.45) is 0.371. The number of ether oxygens (including phenoxy) is 1. The van der Waals surface area contributed by atoms with E-state index in [4.69, 9.17) is 10.5 Å². The van der Waals surface area contributed by atoms with E-state index in [0.29, 0.717) is 13.0 Å². The first-order valence-corrected chi connectivity index (χ1v) is 4.97. The van der Waals surface area contributed by atoms with E-state index in [9.17, 15) is 4.79 Å². The third-order valence-corrected chi connectivity index (χ3v) is 1.64. The number of hydrogen-bond acceptors (Lipinski definition) is 3. The second-order valence-electron chi connectivity index (χ2n) is 4.49. The highest BCUT2D eigenvalue weighted by molar-refractivity contribution is 5.74. The number of hydrogen-bond donors (Lipinski definition) is 2. The van der Waals surface area contributed by atoms with Crippen molar-refractivity contribution in [3.63, 3.8) is 0 Å². The topological polar surface area (TPSA) is 64.4 Å². The maximum atomic E-state index is 10.6. The van der Waals surface area contributed by atoms with Gasteiger partial charge in [0.1, 0.15) is 0 Å². The minimum absolute atomic E-state index is 0.103. The van der Waals surface area contributed by atoms with Crippen LogP contribution in [0.2, 0.25) is 0 Å². The van der Waals surface area contributed by atoms with Gasteiger partial charge in [-0.2, -0.15) is 0 Å². The molecule has 0 spiro atoms. The van der Waals surface area contributed by atoms with Crippen LogP contribution < -0.4 is 11.1 Å². The molecule has 4 heteroatoms. The smallest absolute Gasteiger partial charge is 0.218 e. The van der Waals surface area contributed by atoms with E-state index < -0.39 is 0 Å². The van der Waals surface area contributed by atoms with Gasteiger partial charge in [0, 0.05) is 19.0 Å². The fourth-order valence-electron chi connectivity index (χ4n) is 1.04. The van der Waals surface area contributed by atoms with Crippen molar-refractivity contribution in [2.24, 2.45) is 5.73 Å². The zero-order valence-electron chi connectivity index (χ0n) is 9.59. The summed E-state index contributed by atoms with van der Waals surface area (Å²) in [5, 5.41) is 3.16. The second-order valence-corrected chi connectivity index (χ2v) is 4.49. The zero-order valence-corrected chi connectivity index (χ0v) is 9.59. The molecule has 3 N–H and O–H groups in total. The van der Waals surface area contributed by atoms with Crippen LogP contribution in [0.25, 0.3) is 0 Å². The minimum atomic E-state index is -0.276. The van der Waals surface area contributed by atoms with Crippen molar-refractivity contribution in [2.45, 2.75) is 45.8 Å². The first-order chi connectivity index (χ1) is 6.31. The molecule has 0 aliphatic heterocycles. The predicted octanol–water partition coefficient (Wildman–Crippen LogP) is 0.655. The Kier molecular flexibility index (Phi) is 5.72. The third-order valence-electron chi connectivity index (χ3n) is 1.64. The Morgan fingerprint density at radius 1 is 1.50 bits per heavy atom. The lowest BCUT2D eigenvalue weighted by molar-refractivity contribution is -0.118. The summed E-state index contributed by atoms with van der Waals surface area (Å²) in [5.74, 6) is -0.276. The fraction of sp³-hybridized carbons (Fsp3) is 0.900. The second kappa shape index (κ2) is 5.98. The Hall–Kier alpha value is -0.610. The van der Waals surface area contributed by atoms with Crippen LogP contribution >= 0.6 is 0 Å². The molecule has 0 saturated carbocycles. The number of rotatable bonds is 6. The molecule has 0 radical (unpaired) electrons. The lowest BCUT2D eigenvalue weighted by Crippen LogP contribution is -2.34. The van der Waals surface area contributed by atoms with E-state index in [1.54, 1.807) is 0 Å². The van der Waals surface area contributed by atoms with E-state index in [-0.39, 0.29) is 17.6 Å². The molecule has 4 nitrogen and oxygen atoms in total. The fourth-order valence-corrected chi connectivity index (χ4v) is 1.04. The summed E-state index contributed by atoms with van der Waals surface area (Å²) in [6.45, 7) is 9.36. The highest BCUT2D eigenvalue weighted by Crippen LogP contribution is 2.05. The van der Waals surface area contributed by atoms with Gasteiger partial charge in [-0.25, -0.2) is 0 Å². The standard InChI is InChI=1S/C10H22N2O2/c1-8(7-9(11)13)12-5-6-14-10(2,3)4/h8,12H,5-7H2,1-4H3,(H2,11,13). The zero-order chi connectivity index (χ0) is 11.2. The Bertz CT molecular complexity index is 175. The van der Waals surface area contributed by atoms with Crippen LogP contribution in [0.5, 0.6) is 0 Å². The van der Waals surface area contributed by atoms with Crippen molar-refractivity contribution < 1.29 is 9.53 Å². The van der Waals surface area contributed by atoms with Gasteiger partial charge in [-0.3, -0.25) is 4.79 Å². The van der Waals surface area contributed by atoms with Crippen LogP contribution in [0.15, 0.2) is 0 Å². The van der Waals surface area contributed by atoms with Crippen molar-refractivity contribution in [3.05, 3.63) is 0 Å². The lowest BCUT2D eigenvalue weighted by Gasteiger charge is -2.20. The van der Waals surface area contributed by atoms with Crippen LogP contribution in [0, 0.1) is 0 Å². The van der Waals surface area contributed by atoms with Gasteiger partial charge >= 0.3 is 0 Å². The maximum absolute atomic E-state index is 10.6. The number of nitrogens with two attached hydrogens (primary N) is 1. The van der Waals surface area contributed by atoms with Crippen LogP contribution in [0.3, 0.4) is 0 Å². The quantitative estimate of drug-likeness (QED) is 0.622. The Morgan fingerprint density at radius 2 is 2.07 bits per heavy atom. The largest absolute Gasteiger partial charge is 0.375 e. The Morgan fingerprint density at radius 3 is 2.50 bits per heavy atom. The predicted molar refractivity (Wildman–Crippen MR) is 57.0 cm³/mol. The highest BCUT2D eigenvalue weighted by Gasteiger charge is 2.10. The molecule has 14 heavy (non-hydrogen) atoms. The van der Waals surface area contributed by atoms with Crippen LogP contribution in [-0.2, 0) is 9.53 Å². The Labute approximate surface area is 86.2 Å². The molecule has 0 aromatic carbocycles. The van der Waals surface area contributed by atoms with E-state index >= 15 is 0 Å². The number of carbonyl (C=O) groups excluding carboxylic acids is 1. The average molecular weight is 202 g/mol. The first kappa shape index (κ1) is 13.4.